The zero-order valence-corrected chi connectivity index (χ0v) is 21.1. The van der Waals surface area contributed by atoms with Crippen LogP contribution in [0.5, 0.6) is 0 Å². The van der Waals surface area contributed by atoms with Crippen LogP contribution in [0.25, 0.3) is 0 Å². The third-order valence-corrected chi connectivity index (χ3v) is 7.54. The van der Waals surface area contributed by atoms with Crippen molar-refractivity contribution in [2.75, 3.05) is 7.11 Å². The topological polar surface area (TPSA) is 131 Å². The number of methoxy groups -OCH3 is 1. The number of piperidine rings is 1. The molecule has 2 fully saturated rings. The quantitative estimate of drug-likeness (QED) is 0.576. The number of esters is 1. The lowest BCUT2D eigenvalue weighted by Gasteiger charge is -2.40. The number of fused-ring (bicyclic) bond motifs is 2. The van der Waals surface area contributed by atoms with Gasteiger partial charge in [-0.1, -0.05) is 11.6 Å². The number of amides is 3. The summed E-state index contributed by atoms with van der Waals surface area (Å²) in [6, 6.07) is 3.29. The van der Waals surface area contributed by atoms with Gasteiger partial charge >= 0.3 is 18.1 Å². The lowest BCUT2D eigenvalue weighted by molar-refractivity contribution is -0.145. The minimum Gasteiger partial charge on any atom is -0.467 e. The Labute approximate surface area is 204 Å². The highest BCUT2D eigenvalue weighted by Gasteiger charge is 2.48. The molecule has 1 aromatic rings. The van der Waals surface area contributed by atoms with Crippen molar-refractivity contribution in [3.05, 3.63) is 29.3 Å². The lowest BCUT2D eigenvalue weighted by atomic mass is 9.85. The van der Waals surface area contributed by atoms with Gasteiger partial charge in [0.1, 0.15) is 11.6 Å². The van der Waals surface area contributed by atoms with Crippen molar-refractivity contribution in [1.29, 1.82) is 0 Å². The minimum absolute atomic E-state index is 0.0696. The Balaban J connectivity index is 1.70. The monoisotopic (exact) mass is 515 g/mol. The van der Waals surface area contributed by atoms with Gasteiger partial charge in [-0.05, 0) is 76.6 Å². The summed E-state index contributed by atoms with van der Waals surface area (Å²) >= 11 is 5.81. The number of benzene rings is 1. The van der Waals surface area contributed by atoms with E-state index in [0.717, 1.165) is 0 Å². The Hall–Kier alpha value is -2.53. The Bertz CT molecular complexity index is 1030. The highest BCUT2D eigenvalue weighted by molar-refractivity contribution is 7.90. The van der Waals surface area contributed by atoms with Gasteiger partial charge in [0, 0.05) is 17.1 Å². The van der Waals surface area contributed by atoms with E-state index in [0.29, 0.717) is 30.7 Å². The van der Waals surface area contributed by atoms with E-state index in [2.05, 4.69) is 10.0 Å². The standard InChI is InChI=1S/C22H30ClN3O7S/c1-22(2,3)33-21(29)24-18(19(27)32-4)13-11-15-7-8-16(12-13)26(15)20(28)25-34(30,31)17-9-5-14(23)6-10-17/h5-6,9-10,13,15-16,18H,7-8,11-12H2,1-4H3,(H,24,29)(H,25,28)/t13?,15?,16?,18-/m0/s1. The molecule has 1 aromatic carbocycles. The molecule has 3 rings (SSSR count). The summed E-state index contributed by atoms with van der Waals surface area (Å²) in [7, 11) is -2.83. The largest absolute Gasteiger partial charge is 0.467 e. The first-order chi connectivity index (χ1) is 15.8. The van der Waals surface area contributed by atoms with Crippen LogP contribution in [0.15, 0.2) is 29.2 Å². The lowest BCUT2D eigenvalue weighted by Crippen LogP contribution is -2.56. The first-order valence-corrected chi connectivity index (χ1v) is 12.8. The Kier molecular flexibility index (Phi) is 7.66. The van der Waals surface area contributed by atoms with Crippen molar-refractivity contribution in [2.24, 2.45) is 5.92 Å². The molecule has 3 atom stereocenters. The molecule has 0 spiro atoms. The molecule has 2 aliphatic rings. The number of rotatable bonds is 5. The van der Waals surface area contributed by atoms with Crippen molar-refractivity contribution < 1.29 is 32.3 Å². The molecular weight excluding hydrogens is 486 g/mol. The fourth-order valence-electron chi connectivity index (χ4n) is 4.59. The number of sulfonamides is 1. The summed E-state index contributed by atoms with van der Waals surface area (Å²) in [5, 5.41) is 2.99. The van der Waals surface area contributed by atoms with Gasteiger partial charge in [0.15, 0.2) is 0 Å². The number of urea groups is 1. The molecule has 0 saturated carbocycles. The molecule has 10 nitrogen and oxygen atoms in total. The van der Waals surface area contributed by atoms with Crippen LogP contribution in [0.2, 0.25) is 5.02 Å². The molecule has 3 amide bonds. The normalized spacial score (nSPS) is 23.1. The predicted molar refractivity (Wildman–Crippen MR) is 124 cm³/mol. The van der Waals surface area contributed by atoms with E-state index >= 15 is 0 Å². The zero-order valence-electron chi connectivity index (χ0n) is 19.5. The maximum Gasteiger partial charge on any atom is 0.408 e. The van der Waals surface area contributed by atoms with Gasteiger partial charge in [-0.3, -0.25) is 0 Å². The van der Waals surface area contributed by atoms with Crippen LogP contribution in [0, 0.1) is 5.92 Å². The molecule has 2 N–H and O–H groups in total. The summed E-state index contributed by atoms with van der Waals surface area (Å²) < 4.78 is 37.6. The molecule has 34 heavy (non-hydrogen) atoms. The molecule has 2 aliphatic heterocycles. The second-order valence-corrected chi connectivity index (χ2v) is 11.7. The third kappa shape index (κ3) is 6.12. The summed E-state index contributed by atoms with van der Waals surface area (Å²) in [6.45, 7) is 5.15. The molecule has 188 valence electrons. The highest BCUT2D eigenvalue weighted by Crippen LogP contribution is 2.40. The molecule has 2 heterocycles. The van der Waals surface area contributed by atoms with E-state index < -0.39 is 39.8 Å². The van der Waals surface area contributed by atoms with Gasteiger partial charge in [0.05, 0.1) is 12.0 Å². The summed E-state index contributed by atoms with van der Waals surface area (Å²) in [6.07, 6.45) is 1.40. The number of hydrogen-bond donors (Lipinski definition) is 2. The Morgan fingerprint density at radius 3 is 2.15 bits per heavy atom. The predicted octanol–water partition coefficient (Wildman–Crippen LogP) is 3.05. The summed E-state index contributed by atoms with van der Waals surface area (Å²) in [5.74, 6) is -0.895. The molecule has 0 aliphatic carbocycles. The third-order valence-electron chi connectivity index (χ3n) is 5.95. The average molecular weight is 516 g/mol. The zero-order chi connectivity index (χ0) is 25.3. The number of carbonyl (C=O) groups is 3. The molecular formula is C22H30ClN3O7S. The average Bonchev–Trinajstić information content (AvgIpc) is 3.00. The number of hydrogen-bond acceptors (Lipinski definition) is 7. The fourth-order valence-corrected chi connectivity index (χ4v) is 5.67. The van der Waals surface area contributed by atoms with Gasteiger partial charge in [0.25, 0.3) is 10.0 Å². The van der Waals surface area contributed by atoms with Gasteiger partial charge in [0.2, 0.25) is 0 Å². The fraction of sp³-hybridized carbons (Fsp3) is 0.591. The van der Waals surface area contributed by atoms with Gasteiger partial charge < -0.3 is 19.7 Å². The maximum absolute atomic E-state index is 12.9. The van der Waals surface area contributed by atoms with Gasteiger partial charge in [-0.25, -0.2) is 27.5 Å². The summed E-state index contributed by atoms with van der Waals surface area (Å²) in [5.41, 5.74) is -0.735. The Morgan fingerprint density at radius 2 is 1.65 bits per heavy atom. The second kappa shape index (κ2) is 9.99. The number of nitrogens with zero attached hydrogens (tertiary/aromatic N) is 1. The highest BCUT2D eigenvalue weighted by atomic mass is 35.5. The van der Waals surface area contributed by atoms with Crippen LogP contribution in [-0.2, 0) is 24.3 Å². The smallest absolute Gasteiger partial charge is 0.408 e. The maximum atomic E-state index is 12.9. The number of alkyl carbamates (subject to hydrolysis) is 1. The van der Waals surface area contributed by atoms with Crippen LogP contribution in [0.3, 0.4) is 0 Å². The van der Waals surface area contributed by atoms with E-state index in [9.17, 15) is 22.8 Å². The number of halogens is 1. The molecule has 12 heteroatoms. The van der Waals surface area contributed by atoms with Crippen molar-refractivity contribution in [3.8, 4) is 0 Å². The number of nitrogens with one attached hydrogen (secondary N) is 2. The van der Waals surface area contributed by atoms with E-state index in [1.807, 2.05) is 0 Å². The van der Waals surface area contributed by atoms with E-state index in [1.54, 1.807) is 20.8 Å². The molecule has 0 radical (unpaired) electrons. The molecule has 2 bridgehead atoms. The molecule has 2 unspecified atom stereocenters. The number of ether oxygens (including phenoxy) is 2. The van der Waals surface area contributed by atoms with Crippen LogP contribution >= 0.6 is 11.6 Å². The first-order valence-electron chi connectivity index (χ1n) is 11.0. The second-order valence-electron chi connectivity index (χ2n) is 9.54. The van der Waals surface area contributed by atoms with E-state index in [-0.39, 0.29) is 22.9 Å². The van der Waals surface area contributed by atoms with E-state index in [4.69, 9.17) is 21.1 Å². The summed E-state index contributed by atoms with van der Waals surface area (Å²) in [4.78, 5) is 39.2. The van der Waals surface area contributed by atoms with Crippen molar-refractivity contribution in [2.45, 2.75) is 75.1 Å². The van der Waals surface area contributed by atoms with Gasteiger partial charge in [-0.2, -0.15) is 0 Å². The van der Waals surface area contributed by atoms with E-state index in [1.165, 1.54) is 36.3 Å². The molecule has 2 saturated heterocycles. The SMILES string of the molecule is COC(=O)[C@@H](NC(=O)OC(C)(C)C)C1CC2CCC(C1)N2C(=O)NS(=O)(=O)c1ccc(Cl)cc1. The van der Waals surface area contributed by atoms with Crippen LogP contribution < -0.4 is 10.0 Å². The number of carbonyl (C=O) groups excluding carboxylic acids is 3. The minimum atomic E-state index is -4.07. The van der Waals surface area contributed by atoms with Crippen molar-refractivity contribution in [1.82, 2.24) is 14.9 Å². The van der Waals surface area contributed by atoms with Crippen molar-refractivity contribution >= 4 is 39.7 Å². The Morgan fingerprint density at radius 1 is 1.09 bits per heavy atom. The van der Waals surface area contributed by atoms with Crippen LogP contribution in [-0.4, -0.2) is 62.2 Å². The van der Waals surface area contributed by atoms with Crippen LogP contribution in [0.4, 0.5) is 9.59 Å². The first kappa shape index (κ1) is 26.1. The van der Waals surface area contributed by atoms with Crippen LogP contribution in [0.1, 0.15) is 46.5 Å². The molecule has 0 aromatic heterocycles. The van der Waals surface area contributed by atoms with Crippen molar-refractivity contribution in [3.63, 3.8) is 0 Å². The van der Waals surface area contributed by atoms with Gasteiger partial charge in [-0.15, -0.1) is 0 Å².